The summed E-state index contributed by atoms with van der Waals surface area (Å²) in [5.41, 5.74) is 6.53. The van der Waals surface area contributed by atoms with Crippen molar-refractivity contribution in [2.24, 2.45) is 0 Å². The minimum Gasteiger partial charge on any atom is -0.397 e. The third-order valence-electron chi connectivity index (χ3n) is 2.97. The van der Waals surface area contributed by atoms with Crippen molar-refractivity contribution in [3.05, 3.63) is 16.2 Å². The van der Waals surface area contributed by atoms with Crippen molar-refractivity contribution >= 4 is 27.4 Å². The first-order valence-corrected chi connectivity index (χ1v) is 6.26. The Kier molecular flexibility index (Phi) is 3.56. The van der Waals surface area contributed by atoms with Crippen molar-refractivity contribution in [1.82, 2.24) is 4.98 Å². The molecular formula is C11H16BrN3O2. The second-order valence-corrected chi connectivity index (χ2v) is 5.17. The highest BCUT2D eigenvalue weighted by atomic mass is 79.9. The molecule has 4 N–H and O–H groups in total. The Morgan fingerprint density at radius 3 is 3.12 bits per heavy atom. The molecule has 6 heteroatoms. The molecular weight excluding hydrogens is 286 g/mol. The third kappa shape index (κ3) is 2.70. The summed E-state index contributed by atoms with van der Waals surface area (Å²) in [4.78, 5) is 4.20. The summed E-state index contributed by atoms with van der Waals surface area (Å²) in [5.74, 6) is 0.692. The molecule has 0 radical (unpaired) electrons. The van der Waals surface area contributed by atoms with Crippen molar-refractivity contribution in [2.45, 2.75) is 18.9 Å². The van der Waals surface area contributed by atoms with E-state index in [2.05, 4.69) is 26.2 Å². The van der Waals surface area contributed by atoms with Crippen LogP contribution in [0.2, 0.25) is 0 Å². The SMILES string of the molecule is Cc1c(N)cnc(NCC2(O)CCOC2)c1Br. The minimum absolute atomic E-state index is 0.367. The van der Waals surface area contributed by atoms with Gasteiger partial charge in [0.25, 0.3) is 0 Å². The molecule has 0 aromatic carbocycles. The topological polar surface area (TPSA) is 80.4 Å². The lowest BCUT2D eigenvalue weighted by Crippen LogP contribution is -2.37. The Labute approximate surface area is 108 Å². The summed E-state index contributed by atoms with van der Waals surface area (Å²) in [6.07, 6.45) is 2.25. The number of hydrogen-bond donors (Lipinski definition) is 3. The van der Waals surface area contributed by atoms with Gasteiger partial charge in [-0.05, 0) is 28.4 Å². The van der Waals surface area contributed by atoms with Gasteiger partial charge in [-0.25, -0.2) is 4.98 Å². The highest BCUT2D eigenvalue weighted by molar-refractivity contribution is 9.10. The van der Waals surface area contributed by atoms with Crippen LogP contribution in [0.25, 0.3) is 0 Å². The molecule has 0 saturated carbocycles. The van der Waals surface area contributed by atoms with E-state index in [-0.39, 0.29) is 0 Å². The van der Waals surface area contributed by atoms with Crippen LogP contribution in [0.5, 0.6) is 0 Å². The number of aromatic nitrogens is 1. The number of aliphatic hydroxyl groups is 1. The zero-order chi connectivity index (χ0) is 12.5. The summed E-state index contributed by atoms with van der Waals surface area (Å²) < 4.78 is 6.01. The first-order chi connectivity index (χ1) is 8.02. The third-order valence-corrected chi connectivity index (χ3v) is 3.94. The Balaban J connectivity index is 2.06. The second kappa shape index (κ2) is 4.80. The fourth-order valence-corrected chi connectivity index (χ4v) is 2.17. The Morgan fingerprint density at radius 1 is 1.71 bits per heavy atom. The summed E-state index contributed by atoms with van der Waals surface area (Å²) in [7, 11) is 0. The number of anilines is 2. The molecule has 1 atom stereocenters. The number of hydrogen-bond acceptors (Lipinski definition) is 5. The van der Waals surface area contributed by atoms with E-state index in [1.54, 1.807) is 6.20 Å². The van der Waals surface area contributed by atoms with Crippen molar-refractivity contribution in [2.75, 3.05) is 30.8 Å². The lowest BCUT2D eigenvalue weighted by molar-refractivity contribution is 0.0381. The van der Waals surface area contributed by atoms with E-state index in [4.69, 9.17) is 10.5 Å². The van der Waals surface area contributed by atoms with Crippen molar-refractivity contribution in [3.8, 4) is 0 Å². The van der Waals surface area contributed by atoms with Gasteiger partial charge in [-0.3, -0.25) is 0 Å². The number of pyridine rings is 1. The van der Waals surface area contributed by atoms with Gasteiger partial charge in [-0.2, -0.15) is 0 Å². The van der Waals surface area contributed by atoms with Crippen LogP contribution in [0.3, 0.4) is 0 Å². The molecule has 5 nitrogen and oxygen atoms in total. The van der Waals surface area contributed by atoms with Gasteiger partial charge < -0.3 is 20.9 Å². The van der Waals surface area contributed by atoms with E-state index in [1.807, 2.05) is 6.92 Å². The van der Waals surface area contributed by atoms with E-state index in [0.717, 1.165) is 10.0 Å². The van der Waals surface area contributed by atoms with Gasteiger partial charge in [0.05, 0.1) is 23.0 Å². The molecule has 17 heavy (non-hydrogen) atoms. The van der Waals surface area contributed by atoms with Gasteiger partial charge >= 0.3 is 0 Å². The molecule has 2 heterocycles. The molecule has 1 aliphatic rings. The van der Waals surface area contributed by atoms with Gasteiger partial charge in [0.1, 0.15) is 11.4 Å². The van der Waals surface area contributed by atoms with Crippen LogP contribution in [0, 0.1) is 6.92 Å². The standard InChI is InChI=1S/C11H16BrN3O2/c1-7-8(13)4-14-10(9(7)12)15-5-11(16)2-3-17-6-11/h4,16H,2-3,5-6,13H2,1H3,(H,14,15). The summed E-state index contributed by atoms with van der Waals surface area (Å²) in [5, 5.41) is 13.2. The summed E-state index contributed by atoms with van der Waals surface area (Å²) in [6, 6.07) is 0. The molecule has 1 aromatic rings. The Hall–Kier alpha value is -0.850. The maximum Gasteiger partial charge on any atom is 0.140 e. The number of nitrogens with one attached hydrogen (secondary N) is 1. The Bertz CT molecular complexity index is 419. The highest BCUT2D eigenvalue weighted by Gasteiger charge is 2.32. The number of halogens is 1. The van der Waals surface area contributed by atoms with E-state index < -0.39 is 5.60 Å². The van der Waals surface area contributed by atoms with Crippen LogP contribution in [0.1, 0.15) is 12.0 Å². The second-order valence-electron chi connectivity index (χ2n) is 4.38. The van der Waals surface area contributed by atoms with E-state index in [1.165, 1.54) is 0 Å². The number of nitrogens with zero attached hydrogens (tertiary/aromatic N) is 1. The molecule has 2 rings (SSSR count). The zero-order valence-corrected chi connectivity index (χ0v) is 11.2. The molecule has 1 aliphatic heterocycles. The molecule has 0 amide bonds. The largest absolute Gasteiger partial charge is 0.397 e. The average Bonchev–Trinajstić information content (AvgIpc) is 2.73. The van der Waals surface area contributed by atoms with Crippen molar-refractivity contribution in [3.63, 3.8) is 0 Å². The maximum absolute atomic E-state index is 10.1. The van der Waals surface area contributed by atoms with Gasteiger partial charge in [0, 0.05) is 19.6 Å². The van der Waals surface area contributed by atoms with Gasteiger partial charge in [-0.1, -0.05) is 0 Å². The fourth-order valence-electron chi connectivity index (χ4n) is 1.70. The average molecular weight is 302 g/mol. The van der Waals surface area contributed by atoms with E-state index >= 15 is 0 Å². The van der Waals surface area contributed by atoms with E-state index in [9.17, 15) is 5.11 Å². The van der Waals surface area contributed by atoms with Crippen molar-refractivity contribution < 1.29 is 9.84 Å². The van der Waals surface area contributed by atoms with Gasteiger partial charge in [-0.15, -0.1) is 0 Å². The molecule has 0 bridgehead atoms. The first kappa shape index (κ1) is 12.6. The lowest BCUT2D eigenvalue weighted by Gasteiger charge is -2.21. The summed E-state index contributed by atoms with van der Waals surface area (Å²) >= 11 is 3.44. The van der Waals surface area contributed by atoms with Gasteiger partial charge in [0.15, 0.2) is 0 Å². The predicted octanol–water partition coefficient (Wildman–Crippen LogP) is 1.30. The monoisotopic (exact) mass is 301 g/mol. The van der Waals surface area contributed by atoms with Crippen LogP contribution in [0.15, 0.2) is 10.7 Å². The molecule has 1 unspecified atom stereocenters. The number of rotatable bonds is 3. The van der Waals surface area contributed by atoms with Crippen LogP contribution in [0.4, 0.5) is 11.5 Å². The van der Waals surface area contributed by atoms with Crippen LogP contribution >= 0.6 is 15.9 Å². The molecule has 1 aromatic heterocycles. The molecule has 1 saturated heterocycles. The number of ether oxygens (including phenoxy) is 1. The molecule has 0 aliphatic carbocycles. The van der Waals surface area contributed by atoms with Crippen LogP contribution in [-0.2, 0) is 4.74 Å². The maximum atomic E-state index is 10.1. The quantitative estimate of drug-likeness (QED) is 0.784. The first-order valence-electron chi connectivity index (χ1n) is 5.46. The van der Waals surface area contributed by atoms with Gasteiger partial charge in [0.2, 0.25) is 0 Å². The lowest BCUT2D eigenvalue weighted by atomic mass is 10.0. The summed E-state index contributed by atoms with van der Waals surface area (Å²) in [6.45, 7) is 3.31. The molecule has 1 fully saturated rings. The molecule has 94 valence electrons. The predicted molar refractivity (Wildman–Crippen MR) is 70.0 cm³/mol. The Morgan fingerprint density at radius 2 is 2.47 bits per heavy atom. The van der Waals surface area contributed by atoms with Crippen molar-refractivity contribution in [1.29, 1.82) is 0 Å². The minimum atomic E-state index is -0.795. The highest BCUT2D eigenvalue weighted by Crippen LogP contribution is 2.28. The van der Waals surface area contributed by atoms with E-state index in [0.29, 0.717) is 37.7 Å². The number of nitrogens with two attached hydrogens (primary N) is 1. The smallest absolute Gasteiger partial charge is 0.140 e. The molecule has 0 spiro atoms. The van der Waals surface area contributed by atoms with Crippen LogP contribution < -0.4 is 11.1 Å². The fraction of sp³-hybridized carbons (Fsp3) is 0.545. The number of nitrogen functional groups attached to an aromatic ring is 1. The normalized spacial score (nSPS) is 23.9. The van der Waals surface area contributed by atoms with Crippen LogP contribution in [-0.4, -0.2) is 35.5 Å². The zero-order valence-electron chi connectivity index (χ0n) is 9.66.